The number of carbonyl (C=O) groups is 1. The highest BCUT2D eigenvalue weighted by atomic mass is 16.5. The molecule has 25 heavy (non-hydrogen) atoms. The van der Waals surface area contributed by atoms with Crippen LogP contribution in [0.1, 0.15) is 5.56 Å². The molecule has 1 heterocycles. The molecule has 0 radical (unpaired) electrons. The summed E-state index contributed by atoms with van der Waals surface area (Å²) in [6, 6.07) is 15.1. The highest BCUT2D eigenvalue weighted by Crippen LogP contribution is 2.13. The average Bonchev–Trinajstić information content (AvgIpc) is 3.20. The van der Waals surface area contributed by atoms with Crippen LogP contribution < -0.4 is 15.4 Å². The van der Waals surface area contributed by atoms with Gasteiger partial charge in [0.05, 0.1) is 19.3 Å². The Morgan fingerprint density at radius 1 is 1.20 bits per heavy atom. The molecule has 0 aliphatic heterocycles. The Bertz CT molecular complexity index is 835. The molecule has 3 rings (SSSR count). The molecule has 0 atom stereocenters. The van der Waals surface area contributed by atoms with Crippen LogP contribution in [-0.2, 0) is 11.3 Å². The number of tetrazole rings is 1. The van der Waals surface area contributed by atoms with Gasteiger partial charge in [-0.15, -0.1) is 5.10 Å². The van der Waals surface area contributed by atoms with Gasteiger partial charge in [0, 0.05) is 12.2 Å². The molecule has 2 N–H and O–H groups in total. The van der Waals surface area contributed by atoms with E-state index in [-0.39, 0.29) is 12.5 Å². The van der Waals surface area contributed by atoms with Crippen molar-refractivity contribution in [3.8, 4) is 11.4 Å². The van der Waals surface area contributed by atoms with E-state index >= 15 is 0 Å². The highest BCUT2D eigenvalue weighted by Gasteiger charge is 2.04. The third-order valence-electron chi connectivity index (χ3n) is 3.54. The largest absolute Gasteiger partial charge is 0.497 e. The summed E-state index contributed by atoms with van der Waals surface area (Å²) in [6.45, 7) is 0.616. The lowest BCUT2D eigenvalue weighted by atomic mass is 10.2. The van der Waals surface area contributed by atoms with Crippen LogP contribution in [-0.4, -0.2) is 39.8 Å². The summed E-state index contributed by atoms with van der Waals surface area (Å²) in [5, 5.41) is 17.0. The van der Waals surface area contributed by atoms with Gasteiger partial charge in [-0.3, -0.25) is 4.79 Å². The minimum atomic E-state index is -0.101. The van der Waals surface area contributed by atoms with Crippen LogP contribution in [0.2, 0.25) is 0 Å². The van der Waals surface area contributed by atoms with Crippen molar-refractivity contribution in [1.82, 2.24) is 25.5 Å². The molecule has 0 fully saturated rings. The monoisotopic (exact) mass is 338 g/mol. The van der Waals surface area contributed by atoms with Gasteiger partial charge in [0.1, 0.15) is 12.1 Å². The molecule has 3 aromatic rings. The molecule has 8 nitrogen and oxygen atoms in total. The molecular weight excluding hydrogens is 320 g/mol. The van der Waals surface area contributed by atoms with Crippen LogP contribution >= 0.6 is 0 Å². The van der Waals surface area contributed by atoms with Crippen LogP contribution in [0.25, 0.3) is 5.69 Å². The Kier molecular flexibility index (Phi) is 5.20. The lowest BCUT2D eigenvalue weighted by molar-refractivity contribution is -0.119. The second-order valence-electron chi connectivity index (χ2n) is 5.29. The maximum absolute atomic E-state index is 12.0. The maximum Gasteiger partial charge on any atom is 0.239 e. The predicted molar refractivity (Wildman–Crippen MR) is 92.5 cm³/mol. The lowest BCUT2D eigenvalue weighted by Crippen LogP contribution is -2.29. The van der Waals surface area contributed by atoms with Gasteiger partial charge >= 0.3 is 0 Å². The Hall–Kier alpha value is -3.42. The van der Waals surface area contributed by atoms with Crippen molar-refractivity contribution in [3.63, 3.8) is 0 Å². The third kappa shape index (κ3) is 4.54. The molecule has 2 aromatic carbocycles. The number of anilines is 1. The van der Waals surface area contributed by atoms with E-state index in [2.05, 4.69) is 26.2 Å². The molecular formula is C17H18N6O2. The highest BCUT2D eigenvalue weighted by molar-refractivity contribution is 5.80. The van der Waals surface area contributed by atoms with E-state index in [0.717, 1.165) is 22.7 Å². The van der Waals surface area contributed by atoms with Gasteiger partial charge in [0.25, 0.3) is 0 Å². The van der Waals surface area contributed by atoms with Crippen LogP contribution in [0.5, 0.6) is 5.75 Å². The fourth-order valence-electron chi connectivity index (χ4n) is 2.27. The molecule has 0 unspecified atom stereocenters. The van der Waals surface area contributed by atoms with Gasteiger partial charge in [-0.1, -0.05) is 18.2 Å². The first kappa shape index (κ1) is 16.4. The first-order valence-corrected chi connectivity index (χ1v) is 7.71. The molecule has 1 amide bonds. The zero-order chi connectivity index (χ0) is 17.5. The summed E-state index contributed by atoms with van der Waals surface area (Å²) in [4.78, 5) is 12.0. The molecule has 0 bridgehead atoms. The van der Waals surface area contributed by atoms with E-state index in [4.69, 9.17) is 4.74 Å². The molecule has 0 saturated heterocycles. The Labute approximate surface area is 144 Å². The van der Waals surface area contributed by atoms with Gasteiger partial charge in [-0.2, -0.15) is 0 Å². The summed E-state index contributed by atoms with van der Waals surface area (Å²) < 4.78 is 6.72. The van der Waals surface area contributed by atoms with E-state index < -0.39 is 0 Å². The quantitative estimate of drug-likeness (QED) is 0.676. The minimum absolute atomic E-state index is 0.101. The van der Waals surface area contributed by atoms with Crippen molar-refractivity contribution in [2.24, 2.45) is 0 Å². The molecule has 1 aromatic heterocycles. The van der Waals surface area contributed by atoms with Gasteiger partial charge in [-0.25, -0.2) is 4.68 Å². The molecule has 128 valence electrons. The number of carbonyl (C=O) groups excluding carboxylic acids is 1. The van der Waals surface area contributed by atoms with Crippen molar-refractivity contribution in [2.45, 2.75) is 6.54 Å². The fraction of sp³-hybridized carbons (Fsp3) is 0.176. The van der Waals surface area contributed by atoms with Crippen LogP contribution in [0.3, 0.4) is 0 Å². The van der Waals surface area contributed by atoms with Crippen molar-refractivity contribution in [2.75, 3.05) is 19.0 Å². The number of hydrogen-bond acceptors (Lipinski definition) is 6. The fourth-order valence-corrected chi connectivity index (χ4v) is 2.27. The Balaban J connectivity index is 1.51. The Morgan fingerprint density at radius 3 is 2.88 bits per heavy atom. The van der Waals surface area contributed by atoms with Gasteiger partial charge < -0.3 is 15.4 Å². The van der Waals surface area contributed by atoms with Gasteiger partial charge in [0.15, 0.2) is 0 Å². The molecule has 0 aliphatic carbocycles. The van der Waals surface area contributed by atoms with Crippen LogP contribution in [0.4, 0.5) is 5.69 Å². The van der Waals surface area contributed by atoms with Gasteiger partial charge in [0.2, 0.25) is 5.91 Å². The predicted octanol–water partition coefficient (Wildman–Crippen LogP) is 1.40. The summed E-state index contributed by atoms with van der Waals surface area (Å²) in [7, 11) is 1.62. The van der Waals surface area contributed by atoms with Gasteiger partial charge in [-0.05, 0) is 46.3 Å². The number of ether oxygens (including phenoxy) is 1. The molecule has 0 spiro atoms. The summed E-state index contributed by atoms with van der Waals surface area (Å²) in [5.41, 5.74) is 2.60. The SMILES string of the molecule is COc1cccc(CNC(=O)CNc2cccc(-n3cnnn3)c2)c1. The zero-order valence-electron chi connectivity index (χ0n) is 13.7. The second kappa shape index (κ2) is 7.91. The normalized spacial score (nSPS) is 10.3. The first-order valence-electron chi connectivity index (χ1n) is 7.71. The van der Waals surface area contributed by atoms with E-state index in [1.165, 1.54) is 6.33 Å². The number of nitrogens with zero attached hydrogens (tertiary/aromatic N) is 4. The second-order valence-corrected chi connectivity index (χ2v) is 5.29. The Morgan fingerprint density at radius 2 is 2.08 bits per heavy atom. The molecule has 8 heteroatoms. The first-order chi connectivity index (χ1) is 12.2. The van der Waals surface area contributed by atoms with E-state index in [1.54, 1.807) is 11.8 Å². The van der Waals surface area contributed by atoms with Crippen molar-refractivity contribution in [1.29, 1.82) is 0 Å². The number of rotatable bonds is 7. The summed E-state index contributed by atoms with van der Waals surface area (Å²) in [5.74, 6) is 0.667. The van der Waals surface area contributed by atoms with Crippen LogP contribution in [0.15, 0.2) is 54.9 Å². The third-order valence-corrected chi connectivity index (χ3v) is 3.54. The summed E-state index contributed by atoms with van der Waals surface area (Å²) >= 11 is 0. The smallest absolute Gasteiger partial charge is 0.239 e. The standard InChI is InChI=1S/C17H18N6O2/c1-25-16-7-2-4-13(8-16)10-19-17(24)11-18-14-5-3-6-15(9-14)23-12-20-21-22-23/h2-9,12,18H,10-11H2,1H3,(H,19,24). The van der Waals surface area contributed by atoms with Crippen molar-refractivity contribution in [3.05, 3.63) is 60.4 Å². The number of aromatic nitrogens is 4. The minimum Gasteiger partial charge on any atom is -0.497 e. The number of benzene rings is 2. The summed E-state index contributed by atoms with van der Waals surface area (Å²) in [6.07, 6.45) is 1.51. The molecule has 0 saturated carbocycles. The maximum atomic E-state index is 12.0. The van der Waals surface area contributed by atoms with Crippen LogP contribution in [0, 0.1) is 0 Å². The number of hydrogen-bond donors (Lipinski definition) is 2. The van der Waals surface area contributed by atoms with Crippen molar-refractivity contribution < 1.29 is 9.53 Å². The lowest BCUT2D eigenvalue weighted by Gasteiger charge is -2.09. The number of amides is 1. The topological polar surface area (TPSA) is 94.0 Å². The zero-order valence-corrected chi connectivity index (χ0v) is 13.7. The number of methoxy groups -OCH3 is 1. The van der Waals surface area contributed by atoms with Crippen molar-refractivity contribution >= 4 is 11.6 Å². The van der Waals surface area contributed by atoms with E-state index in [0.29, 0.717) is 6.54 Å². The number of nitrogens with one attached hydrogen (secondary N) is 2. The molecule has 0 aliphatic rings. The average molecular weight is 338 g/mol. The van der Waals surface area contributed by atoms with E-state index in [1.807, 2.05) is 48.5 Å². The van der Waals surface area contributed by atoms with E-state index in [9.17, 15) is 4.79 Å².